The number of rotatable bonds is 6. The van der Waals surface area contributed by atoms with Crippen LogP contribution in [-0.2, 0) is 6.54 Å². The minimum absolute atomic E-state index is 0.278. The third-order valence-corrected chi connectivity index (χ3v) is 2.85. The van der Waals surface area contributed by atoms with E-state index in [1.54, 1.807) is 12.1 Å². The second kappa shape index (κ2) is 6.89. The van der Waals surface area contributed by atoms with Crippen LogP contribution in [0.3, 0.4) is 0 Å². The molecule has 0 aliphatic heterocycles. The zero-order valence-corrected chi connectivity index (χ0v) is 11.0. The lowest BCUT2D eigenvalue weighted by molar-refractivity contribution is 0.160. The number of halogens is 1. The van der Waals surface area contributed by atoms with Crippen molar-refractivity contribution in [2.45, 2.75) is 32.4 Å². The number of benzene rings is 1. The van der Waals surface area contributed by atoms with Crippen molar-refractivity contribution < 1.29 is 10.2 Å². The van der Waals surface area contributed by atoms with Gasteiger partial charge in [0.15, 0.2) is 0 Å². The maximum absolute atomic E-state index is 9.58. The molecule has 1 aromatic rings. The quantitative estimate of drug-likeness (QED) is 0.753. The minimum Gasteiger partial charge on any atom is -0.508 e. The summed E-state index contributed by atoms with van der Waals surface area (Å²) in [7, 11) is 0. The Hall–Kier alpha value is -0.580. The molecule has 0 heterocycles. The standard InChI is InChI=1S/C12H18BrNO2/c1-2-3-11(15)8-14-7-9-6-10(13)4-5-12(9)16/h4-6,11,14-16H,2-3,7-8H2,1H3. The van der Waals surface area contributed by atoms with E-state index in [-0.39, 0.29) is 11.9 Å². The Morgan fingerprint density at radius 2 is 2.19 bits per heavy atom. The molecule has 3 nitrogen and oxygen atoms in total. The molecule has 4 heteroatoms. The van der Waals surface area contributed by atoms with Gasteiger partial charge in [-0.15, -0.1) is 0 Å². The van der Waals surface area contributed by atoms with Gasteiger partial charge in [-0.05, 0) is 24.6 Å². The lowest BCUT2D eigenvalue weighted by atomic mass is 10.2. The molecule has 0 fully saturated rings. The van der Waals surface area contributed by atoms with Crippen molar-refractivity contribution in [3.8, 4) is 5.75 Å². The van der Waals surface area contributed by atoms with E-state index in [9.17, 15) is 10.2 Å². The summed E-state index contributed by atoms with van der Waals surface area (Å²) in [5.41, 5.74) is 0.832. The Morgan fingerprint density at radius 3 is 2.88 bits per heavy atom. The monoisotopic (exact) mass is 287 g/mol. The number of phenolic OH excluding ortho intramolecular Hbond substituents is 1. The topological polar surface area (TPSA) is 52.5 Å². The van der Waals surface area contributed by atoms with Crippen molar-refractivity contribution in [1.29, 1.82) is 0 Å². The maximum Gasteiger partial charge on any atom is 0.120 e. The molecule has 0 amide bonds. The van der Waals surface area contributed by atoms with Crippen LogP contribution in [0.1, 0.15) is 25.3 Å². The molecule has 0 aromatic heterocycles. The van der Waals surface area contributed by atoms with E-state index >= 15 is 0 Å². The molecule has 1 atom stereocenters. The van der Waals surface area contributed by atoms with Crippen LogP contribution < -0.4 is 5.32 Å². The van der Waals surface area contributed by atoms with Gasteiger partial charge in [-0.1, -0.05) is 29.3 Å². The number of hydrogen-bond donors (Lipinski definition) is 3. The molecule has 16 heavy (non-hydrogen) atoms. The summed E-state index contributed by atoms with van der Waals surface area (Å²) < 4.78 is 0.941. The molecule has 0 saturated carbocycles. The first-order chi connectivity index (χ1) is 7.63. The zero-order chi connectivity index (χ0) is 12.0. The van der Waals surface area contributed by atoms with Gasteiger partial charge >= 0.3 is 0 Å². The van der Waals surface area contributed by atoms with Crippen molar-refractivity contribution in [3.05, 3.63) is 28.2 Å². The lowest BCUT2D eigenvalue weighted by Gasteiger charge is -2.11. The van der Waals surface area contributed by atoms with Crippen LogP contribution >= 0.6 is 15.9 Å². The summed E-state index contributed by atoms with van der Waals surface area (Å²) in [4.78, 5) is 0. The molecule has 3 N–H and O–H groups in total. The Morgan fingerprint density at radius 1 is 1.44 bits per heavy atom. The highest BCUT2D eigenvalue weighted by Gasteiger charge is 2.04. The average Bonchev–Trinajstić information content (AvgIpc) is 2.23. The first kappa shape index (κ1) is 13.5. The van der Waals surface area contributed by atoms with Crippen molar-refractivity contribution in [2.75, 3.05) is 6.54 Å². The van der Waals surface area contributed by atoms with Crippen LogP contribution in [-0.4, -0.2) is 22.9 Å². The minimum atomic E-state index is -0.306. The Labute approximate surface area is 105 Å². The summed E-state index contributed by atoms with van der Waals surface area (Å²) in [5.74, 6) is 0.278. The smallest absolute Gasteiger partial charge is 0.120 e. The Balaban J connectivity index is 2.39. The SMILES string of the molecule is CCCC(O)CNCc1cc(Br)ccc1O. The van der Waals surface area contributed by atoms with Gasteiger partial charge in [0.1, 0.15) is 5.75 Å². The molecule has 0 aliphatic rings. The molecule has 0 radical (unpaired) electrons. The third-order valence-electron chi connectivity index (χ3n) is 2.36. The van der Waals surface area contributed by atoms with Crippen molar-refractivity contribution >= 4 is 15.9 Å². The molecular weight excluding hydrogens is 270 g/mol. The van der Waals surface area contributed by atoms with Crippen molar-refractivity contribution in [2.24, 2.45) is 0 Å². The van der Waals surface area contributed by atoms with E-state index in [0.29, 0.717) is 13.1 Å². The van der Waals surface area contributed by atoms with Gasteiger partial charge < -0.3 is 15.5 Å². The first-order valence-electron chi connectivity index (χ1n) is 5.49. The molecule has 0 spiro atoms. The maximum atomic E-state index is 9.58. The average molecular weight is 288 g/mol. The molecule has 1 aromatic carbocycles. The molecule has 0 saturated heterocycles. The summed E-state index contributed by atoms with van der Waals surface area (Å²) in [6.07, 6.45) is 1.47. The number of phenols is 1. The number of hydrogen-bond acceptors (Lipinski definition) is 3. The second-order valence-corrected chi connectivity index (χ2v) is 4.76. The van der Waals surface area contributed by atoms with Gasteiger partial charge in [-0.2, -0.15) is 0 Å². The van der Waals surface area contributed by atoms with Crippen molar-refractivity contribution in [1.82, 2.24) is 5.32 Å². The molecule has 1 rings (SSSR count). The fraction of sp³-hybridized carbons (Fsp3) is 0.500. The molecule has 0 bridgehead atoms. The Bertz CT molecular complexity index is 331. The van der Waals surface area contributed by atoms with Crippen molar-refractivity contribution in [3.63, 3.8) is 0 Å². The third kappa shape index (κ3) is 4.51. The normalized spacial score (nSPS) is 12.7. The first-order valence-corrected chi connectivity index (χ1v) is 6.29. The van der Waals surface area contributed by atoms with Gasteiger partial charge in [0.05, 0.1) is 6.10 Å². The van der Waals surface area contributed by atoms with E-state index in [1.165, 1.54) is 0 Å². The molecule has 0 aliphatic carbocycles. The summed E-state index contributed by atoms with van der Waals surface area (Å²) >= 11 is 3.35. The number of aliphatic hydroxyl groups is 1. The fourth-order valence-electron chi connectivity index (χ4n) is 1.50. The van der Waals surface area contributed by atoms with E-state index in [4.69, 9.17) is 0 Å². The highest BCUT2D eigenvalue weighted by atomic mass is 79.9. The summed E-state index contributed by atoms with van der Waals surface area (Å²) in [5, 5.41) is 22.2. The molecule has 90 valence electrons. The van der Waals surface area contributed by atoms with Gasteiger partial charge in [0.2, 0.25) is 0 Å². The van der Waals surface area contributed by atoms with Crippen LogP contribution in [0.15, 0.2) is 22.7 Å². The molecule has 1 unspecified atom stereocenters. The summed E-state index contributed by atoms with van der Waals surface area (Å²) in [6.45, 7) is 3.16. The number of nitrogens with one attached hydrogen (secondary N) is 1. The predicted octanol–water partition coefficient (Wildman–Crippen LogP) is 2.41. The zero-order valence-electron chi connectivity index (χ0n) is 9.41. The van der Waals surface area contributed by atoms with Gasteiger partial charge in [-0.25, -0.2) is 0 Å². The van der Waals surface area contributed by atoms with Gasteiger partial charge in [0, 0.05) is 23.1 Å². The number of aliphatic hydroxyl groups excluding tert-OH is 1. The fourth-order valence-corrected chi connectivity index (χ4v) is 1.91. The van der Waals surface area contributed by atoms with Crippen LogP contribution in [0.2, 0.25) is 0 Å². The van der Waals surface area contributed by atoms with E-state index < -0.39 is 0 Å². The van der Waals surface area contributed by atoms with E-state index in [1.807, 2.05) is 13.0 Å². The summed E-state index contributed by atoms with van der Waals surface area (Å²) in [6, 6.07) is 5.32. The van der Waals surface area contributed by atoms with Crippen LogP contribution in [0, 0.1) is 0 Å². The van der Waals surface area contributed by atoms with E-state index in [2.05, 4.69) is 21.2 Å². The van der Waals surface area contributed by atoms with Crippen LogP contribution in [0.25, 0.3) is 0 Å². The molecular formula is C12H18BrNO2. The van der Waals surface area contributed by atoms with E-state index in [0.717, 1.165) is 22.9 Å². The highest BCUT2D eigenvalue weighted by Crippen LogP contribution is 2.21. The van der Waals surface area contributed by atoms with Gasteiger partial charge in [-0.3, -0.25) is 0 Å². The number of aromatic hydroxyl groups is 1. The van der Waals surface area contributed by atoms with Gasteiger partial charge in [0.25, 0.3) is 0 Å². The highest BCUT2D eigenvalue weighted by molar-refractivity contribution is 9.10. The Kier molecular flexibility index (Phi) is 5.80. The predicted molar refractivity (Wildman–Crippen MR) is 68.4 cm³/mol. The lowest BCUT2D eigenvalue weighted by Crippen LogP contribution is -2.26. The van der Waals surface area contributed by atoms with Crippen LogP contribution in [0.4, 0.5) is 0 Å². The largest absolute Gasteiger partial charge is 0.508 e. The van der Waals surface area contributed by atoms with Crippen LogP contribution in [0.5, 0.6) is 5.75 Å². The second-order valence-electron chi connectivity index (χ2n) is 3.85.